The summed E-state index contributed by atoms with van der Waals surface area (Å²) in [5.74, 6) is -2.45. The molecule has 0 spiro atoms. The van der Waals surface area contributed by atoms with Gasteiger partial charge in [-0.05, 0) is 24.5 Å². The molecule has 1 saturated carbocycles. The number of Topliss-reactive ketones (excluding diaryl/α,β-unsaturated/α-hetero) is 1. The zero-order valence-electron chi connectivity index (χ0n) is 12.6. The van der Waals surface area contributed by atoms with Crippen molar-refractivity contribution < 1.29 is 26.9 Å². The summed E-state index contributed by atoms with van der Waals surface area (Å²) in [5.41, 5.74) is -0.0556. The summed E-state index contributed by atoms with van der Waals surface area (Å²) in [6, 6.07) is 3.50. The Bertz CT molecular complexity index is 751. The molecule has 0 atom stereocenters. The van der Waals surface area contributed by atoms with Gasteiger partial charge in [-0.25, -0.2) is 4.39 Å². The number of rotatable bonds is 5. The molecule has 8 heteroatoms. The fraction of sp³-hybridized carbons (Fsp3) is 0.438. The molecule has 1 fully saturated rings. The van der Waals surface area contributed by atoms with Gasteiger partial charge >= 0.3 is 12.1 Å². The molecule has 1 heterocycles. The molecule has 1 aliphatic carbocycles. The van der Waals surface area contributed by atoms with Crippen LogP contribution in [-0.4, -0.2) is 15.9 Å². The number of carbonyl (C=O) groups excluding carboxylic acids is 1. The molecule has 0 amide bonds. The molecule has 1 aliphatic rings. The molecular formula is C16H14F4N2O2. The first kappa shape index (κ1) is 16.6. The van der Waals surface area contributed by atoms with E-state index in [1.807, 2.05) is 0 Å². The van der Waals surface area contributed by atoms with E-state index in [0.29, 0.717) is 5.92 Å². The van der Waals surface area contributed by atoms with Crippen molar-refractivity contribution in [3.8, 4) is 11.4 Å². The lowest BCUT2D eigenvalue weighted by molar-refractivity contribution is -0.159. The van der Waals surface area contributed by atoms with E-state index in [1.165, 1.54) is 18.6 Å². The third-order valence-corrected chi connectivity index (χ3v) is 4.20. The largest absolute Gasteiger partial charge is 0.471 e. The van der Waals surface area contributed by atoms with Gasteiger partial charge in [0.1, 0.15) is 5.82 Å². The van der Waals surface area contributed by atoms with Gasteiger partial charge in [-0.15, -0.1) is 0 Å². The number of aromatic nitrogens is 2. The van der Waals surface area contributed by atoms with Crippen molar-refractivity contribution in [2.75, 3.05) is 0 Å². The van der Waals surface area contributed by atoms with Crippen molar-refractivity contribution in [2.24, 2.45) is 5.92 Å². The fourth-order valence-corrected chi connectivity index (χ4v) is 2.59. The summed E-state index contributed by atoms with van der Waals surface area (Å²) in [7, 11) is 0. The summed E-state index contributed by atoms with van der Waals surface area (Å²) >= 11 is 0. The maximum absolute atomic E-state index is 14.1. The minimum Gasteiger partial charge on any atom is -0.329 e. The molecule has 24 heavy (non-hydrogen) atoms. The molecule has 128 valence electrons. The minimum absolute atomic E-state index is 0.0160. The molecule has 0 bridgehead atoms. The molecule has 1 aromatic heterocycles. The van der Waals surface area contributed by atoms with E-state index >= 15 is 0 Å². The molecule has 0 aliphatic heterocycles. The molecule has 0 unspecified atom stereocenters. The highest BCUT2D eigenvalue weighted by Crippen LogP contribution is 2.32. The van der Waals surface area contributed by atoms with Crippen LogP contribution in [0.25, 0.3) is 11.4 Å². The second-order valence-corrected chi connectivity index (χ2v) is 5.87. The average Bonchev–Trinajstić information content (AvgIpc) is 2.95. The summed E-state index contributed by atoms with van der Waals surface area (Å²) in [6.45, 7) is 0. The van der Waals surface area contributed by atoms with Gasteiger partial charge in [0, 0.05) is 12.0 Å². The Balaban J connectivity index is 1.74. The van der Waals surface area contributed by atoms with E-state index in [0.717, 1.165) is 25.3 Å². The first-order chi connectivity index (χ1) is 11.3. The maximum atomic E-state index is 14.1. The first-order valence-electron chi connectivity index (χ1n) is 7.58. The van der Waals surface area contributed by atoms with Crippen LogP contribution in [0.1, 0.15) is 48.4 Å². The number of halogens is 4. The fourth-order valence-electron chi connectivity index (χ4n) is 2.59. The maximum Gasteiger partial charge on any atom is 0.471 e. The molecule has 0 radical (unpaired) electrons. The highest BCUT2D eigenvalue weighted by Gasteiger charge is 2.38. The smallest absolute Gasteiger partial charge is 0.329 e. The van der Waals surface area contributed by atoms with Gasteiger partial charge in [0.05, 0.1) is 5.56 Å². The lowest BCUT2D eigenvalue weighted by atomic mass is 9.81. The second-order valence-electron chi connectivity index (χ2n) is 5.87. The van der Waals surface area contributed by atoms with Gasteiger partial charge in [-0.1, -0.05) is 30.5 Å². The third-order valence-electron chi connectivity index (χ3n) is 4.20. The number of benzene rings is 1. The van der Waals surface area contributed by atoms with E-state index in [2.05, 4.69) is 14.7 Å². The first-order valence-corrected chi connectivity index (χ1v) is 7.58. The van der Waals surface area contributed by atoms with Crippen LogP contribution in [0.4, 0.5) is 17.6 Å². The van der Waals surface area contributed by atoms with Gasteiger partial charge < -0.3 is 4.52 Å². The van der Waals surface area contributed by atoms with Gasteiger partial charge in [-0.3, -0.25) is 4.79 Å². The monoisotopic (exact) mass is 342 g/mol. The van der Waals surface area contributed by atoms with Crippen LogP contribution in [0.5, 0.6) is 0 Å². The average molecular weight is 342 g/mol. The predicted molar refractivity (Wildman–Crippen MR) is 75.6 cm³/mol. The van der Waals surface area contributed by atoms with Gasteiger partial charge in [0.15, 0.2) is 5.78 Å². The highest BCUT2D eigenvalue weighted by atomic mass is 19.4. The Hall–Kier alpha value is -2.25. The molecule has 1 aromatic carbocycles. The second kappa shape index (κ2) is 6.33. The van der Waals surface area contributed by atoms with E-state index in [1.54, 1.807) is 0 Å². The summed E-state index contributed by atoms with van der Waals surface area (Å²) in [5, 5.41) is 3.19. The lowest BCUT2D eigenvalue weighted by Crippen LogP contribution is -2.13. The zero-order valence-corrected chi connectivity index (χ0v) is 12.6. The third kappa shape index (κ3) is 3.47. The van der Waals surface area contributed by atoms with Crippen molar-refractivity contribution in [1.29, 1.82) is 0 Å². The minimum atomic E-state index is -4.76. The molecular weight excluding hydrogens is 328 g/mol. The number of alkyl halides is 3. The van der Waals surface area contributed by atoms with Crippen LogP contribution in [0.15, 0.2) is 22.7 Å². The van der Waals surface area contributed by atoms with Crippen molar-refractivity contribution in [1.82, 2.24) is 10.1 Å². The predicted octanol–water partition coefficient (Wildman–Crippen LogP) is 4.66. The Labute approximate surface area is 134 Å². The van der Waals surface area contributed by atoms with Crippen molar-refractivity contribution in [3.05, 3.63) is 35.5 Å². The highest BCUT2D eigenvalue weighted by molar-refractivity contribution is 5.96. The van der Waals surface area contributed by atoms with Crippen LogP contribution >= 0.6 is 0 Å². The van der Waals surface area contributed by atoms with E-state index in [9.17, 15) is 22.4 Å². The molecule has 4 nitrogen and oxygen atoms in total. The van der Waals surface area contributed by atoms with Crippen molar-refractivity contribution in [3.63, 3.8) is 0 Å². The number of hydrogen-bond acceptors (Lipinski definition) is 4. The number of nitrogens with zero attached hydrogens (tertiary/aromatic N) is 2. The quantitative estimate of drug-likeness (QED) is 0.586. The van der Waals surface area contributed by atoms with E-state index < -0.39 is 17.9 Å². The van der Waals surface area contributed by atoms with Crippen LogP contribution in [0.3, 0.4) is 0 Å². The molecule has 3 rings (SSSR count). The molecule has 0 N–H and O–H groups in total. The summed E-state index contributed by atoms with van der Waals surface area (Å²) in [6.07, 6.45) is -0.378. The van der Waals surface area contributed by atoms with Crippen molar-refractivity contribution >= 4 is 5.78 Å². The topological polar surface area (TPSA) is 56.0 Å². The SMILES string of the molecule is O=C(CCC1CCC1)c1ccc(-c2noc(C(F)(F)F)n2)cc1F. The Kier molecular flexibility index (Phi) is 4.38. The van der Waals surface area contributed by atoms with Crippen LogP contribution in [0.2, 0.25) is 0 Å². The van der Waals surface area contributed by atoms with Crippen LogP contribution < -0.4 is 0 Å². The number of carbonyl (C=O) groups is 1. The molecule has 0 saturated heterocycles. The van der Waals surface area contributed by atoms with Gasteiger partial charge in [-0.2, -0.15) is 18.2 Å². The van der Waals surface area contributed by atoms with Crippen LogP contribution in [0, 0.1) is 11.7 Å². The number of ketones is 1. The normalized spacial score (nSPS) is 15.3. The van der Waals surface area contributed by atoms with E-state index in [-0.39, 0.29) is 29.2 Å². The zero-order chi connectivity index (χ0) is 17.3. The van der Waals surface area contributed by atoms with Gasteiger partial charge in [0.2, 0.25) is 5.82 Å². The van der Waals surface area contributed by atoms with Crippen molar-refractivity contribution in [2.45, 2.75) is 38.3 Å². The standard InChI is InChI=1S/C16H14F4N2O2/c17-12-8-10(14-21-15(24-22-14)16(18,19)20)5-6-11(12)13(23)7-4-9-2-1-3-9/h5-6,8-9H,1-4,7H2. The lowest BCUT2D eigenvalue weighted by Gasteiger charge is -2.24. The summed E-state index contributed by atoms with van der Waals surface area (Å²) < 4.78 is 55.5. The Morgan fingerprint density at radius 3 is 2.58 bits per heavy atom. The van der Waals surface area contributed by atoms with Crippen LogP contribution in [-0.2, 0) is 6.18 Å². The summed E-state index contributed by atoms with van der Waals surface area (Å²) in [4.78, 5) is 15.2. The van der Waals surface area contributed by atoms with E-state index in [4.69, 9.17) is 0 Å². The van der Waals surface area contributed by atoms with Gasteiger partial charge in [0.25, 0.3) is 0 Å². The number of hydrogen-bond donors (Lipinski definition) is 0. The Morgan fingerprint density at radius 1 is 1.29 bits per heavy atom. The Morgan fingerprint density at radius 2 is 2.04 bits per heavy atom. The molecule has 2 aromatic rings.